The molecule has 3 nitrogen and oxygen atoms in total. The molecule has 1 aromatic rings. The first-order chi connectivity index (χ1) is 8.20. The van der Waals surface area contributed by atoms with Crippen LogP contribution >= 0.6 is 0 Å². The number of amides is 1. The van der Waals surface area contributed by atoms with Gasteiger partial charge in [-0.15, -0.1) is 0 Å². The number of aliphatic hydroxyl groups is 1. The molecule has 0 heterocycles. The van der Waals surface area contributed by atoms with E-state index in [0.717, 1.165) is 12.8 Å². The van der Waals surface area contributed by atoms with Crippen LogP contribution in [0.5, 0.6) is 0 Å². The van der Waals surface area contributed by atoms with Crippen molar-refractivity contribution in [2.75, 3.05) is 6.61 Å². The number of fused-ring (bicyclic) bond motifs is 1. The summed E-state index contributed by atoms with van der Waals surface area (Å²) in [6.45, 7) is 1.76. The van der Waals surface area contributed by atoms with E-state index < -0.39 is 0 Å². The molecule has 1 aliphatic carbocycles. The van der Waals surface area contributed by atoms with Crippen molar-refractivity contribution < 1.29 is 9.90 Å². The monoisotopic (exact) mass is 233 g/mol. The van der Waals surface area contributed by atoms with Gasteiger partial charge in [-0.3, -0.25) is 4.79 Å². The van der Waals surface area contributed by atoms with Crippen molar-refractivity contribution in [2.24, 2.45) is 0 Å². The first-order valence-corrected chi connectivity index (χ1v) is 6.24. The number of benzene rings is 1. The molecule has 0 radical (unpaired) electrons. The van der Waals surface area contributed by atoms with E-state index in [2.05, 4.69) is 11.4 Å². The summed E-state index contributed by atoms with van der Waals surface area (Å²) in [7, 11) is 0. The molecule has 1 aromatic carbocycles. The second-order valence-corrected chi connectivity index (χ2v) is 4.75. The van der Waals surface area contributed by atoms with Crippen LogP contribution in [0.15, 0.2) is 18.2 Å². The van der Waals surface area contributed by atoms with Gasteiger partial charge in [-0.05, 0) is 55.9 Å². The summed E-state index contributed by atoms with van der Waals surface area (Å²) in [5.74, 6) is -0.0973. The molecule has 0 unspecified atom stereocenters. The van der Waals surface area contributed by atoms with E-state index in [0.29, 0.717) is 5.56 Å². The predicted molar refractivity (Wildman–Crippen MR) is 67.1 cm³/mol. The number of hydrogen-bond donors (Lipinski definition) is 2. The van der Waals surface area contributed by atoms with Crippen LogP contribution in [0.25, 0.3) is 0 Å². The average molecular weight is 233 g/mol. The molecular weight excluding hydrogens is 214 g/mol. The molecule has 0 aromatic heterocycles. The molecule has 2 rings (SSSR count). The van der Waals surface area contributed by atoms with Gasteiger partial charge in [-0.25, -0.2) is 0 Å². The Labute approximate surface area is 102 Å². The van der Waals surface area contributed by atoms with Gasteiger partial charge in [0.2, 0.25) is 0 Å². The van der Waals surface area contributed by atoms with E-state index >= 15 is 0 Å². The molecule has 17 heavy (non-hydrogen) atoms. The number of nitrogens with one attached hydrogen (secondary N) is 1. The average Bonchev–Trinajstić information content (AvgIpc) is 2.38. The number of carbonyl (C=O) groups excluding carboxylic acids is 1. The van der Waals surface area contributed by atoms with E-state index in [1.807, 2.05) is 12.1 Å². The van der Waals surface area contributed by atoms with Crippen LogP contribution in [-0.4, -0.2) is 23.7 Å². The van der Waals surface area contributed by atoms with Gasteiger partial charge in [0.1, 0.15) is 0 Å². The van der Waals surface area contributed by atoms with E-state index in [4.69, 9.17) is 5.11 Å². The Morgan fingerprint density at radius 2 is 2.06 bits per heavy atom. The lowest BCUT2D eigenvalue weighted by molar-refractivity contribution is 0.0922. The van der Waals surface area contributed by atoms with Crippen LogP contribution in [0.1, 0.15) is 41.3 Å². The Morgan fingerprint density at radius 1 is 1.35 bits per heavy atom. The summed E-state index contributed by atoms with van der Waals surface area (Å²) >= 11 is 0. The normalized spacial score (nSPS) is 16.1. The summed E-state index contributed by atoms with van der Waals surface area (Å²) in [6.07, 6.45) is 4.67. The summed E-state index contributed by atoms with van der Waals surface area (Å²) in [6, 6.07) is 5.74. The van der Waals surface area contributed by atoms with Gasteiger partial charge in [0.25, 0.3) is 5.91 Å². The van der Waals surface area contributed by atoms with Gasteiger partial charge < -0.3 is 10.4 Å². The molecular formula is C14H19NO2. The van der Waals surface area contributed by atoms with Crippen molar-refractivity contribution in [1.82, 2.24) is 5.32 Å². The number of aryl methyl sites for hydroxylation is 2. The largest absolute Gasteiger partial charge is 0.394 e. The van der Waals surface area contributed by atoms with Gasteiger partial charge in [0.05, 0.1) is 6.61 Å². The minimum absolute atomic E-state index is 0.0311. The lowest BCUT2D eigenvalue weighted by atomic mass is 9.90. The molecule has 92 valence electrons. The SMILES string of the molecule is C[C@@H](CO)NC(=O)c1ccc2c(c1)CCCC2. The fourth-order valence-corrected chi connectivity index (χ4v) is 2.23. The second-order valence-electron chi connectivity index (χ2n) is 4.75. The van der Waals surface area contributed by atoms with Crippen molar-refractivity contribution in [2.45, 2.75) is 38.6 Å². The van der Waals surface area contributed by atoms with E-state index in [9.17, 15) is 4.79 Å². The van der Waals surface area contributed by atoms with Gasteiger partial charge >= 0.3 is 0 Å². The molecule has 0 saturated heterocycles. The zero-order valence-electron chi connectivity index (χ0n) is 10.2. The molecule has 0 aliphatic heterocycles. The van der Waals surface area contributed by atoms with E-state index in [-0.39, 0.29) is 18.6 Å². The topological polar surface area (TPSA) is 49.3 Å². The molecule has 1 aliphatic rings. The highest BCUT2D eigenvalue weighted by atomic mass is 16.3. The van der Waals surface area contributed by atoms with Crippen LogP contribution in [0, 0.1) is 0 Å². The highest BCUT2D eigenvalue weighted by Gasteiger charge is 2.13. The first kappa shape index (κ1) is 12.1. The van der Waals surface area contributed by atoms with Gasteiger partial charge in [-0.1, -0.05) is 6.07 Å². The Kier molecular flexibility index (Phi) is 3.79. The standard InChI is InChI=1S/C14H19NO2/c1-10(9-16)15-14(17)13-7-6-11-4-2-3-5-12(11)8-13/h6-8,10,16H,2-5,9H2,1H3,(H,15,17)/t10-/m0/s1. The fourth-order valence-electron chi connectivity index (χ4n) is 2.23. The van der Waals surface area contributed by atoms with Crippen LogP contribution in [0.4, 0.5) is 0 Å². The highest BCUT2D eigenvalue weighted by Crippen LogP contribution is 2.22. The maximum atomic E-state index is 11.9. The number of carbonyl (C=O) groups is 1. The van der Waals surface area contributed by atoms with Crippen molar-refractivity contribution in [1.29, 1.82) is 0 Å². The Hall–Kier alpha value is -1.35. The Morgan fingerprint density at radius 3 is 2.76 bits per heavy atom. The van der Waals surface area contributed by atoms with Crippen LogP contribution in [-0.2, 0) is 12.8 Å². The smallest absolute Gasteiger partial charge is 0.251 e. The summed E-state index contributed by atoms with van der Waals surface area (Å²) in [4.78, 5) is 11.9. The lowest BCUT2D eigenvalue weighted by Gasteiger charge is -2.17. The Balaban J connectivity index is 2.13. The minimum Gasteiger partial charge on any atom is -0.394 e. The number of hydrogen-bond acceptors (Lipinski definition) is 2. The van der Waals surface area contributed by atoms with Crippen LogP contribution < -0.4 is 5.32 Å². The number of rotatable bonds is 3. The third-order valence-corrected chi connectivity index (χ3v) is 3.26. The zero-order valence-corrected chi connectivity index (χ0v) is 10.2. The molecule has 2 N–H and O–H groups in total. The quantitative estimate of drug-likeness (QED) is 0.834. The molecule has 1 atom stereocenters. The highest BCUT2D eigenvalue weighted by molar-refractivity contribution is 5.94. The molecule has 0 spiro atoms. The van der Waals surface area contributed by atoms with E-state index in [1.165, 1.54) is 24.0 Å². The van der Waals surface area contributed by atoms with Gasteiger partial charge in [0, 0.05) is 11.6 Å². The first-order valence-electron chi connectivity index (χ1n) is 6.24. The van der Waals surface area contributed by atoms with Crippen LogP contribution in [0.3, 0.4) is 0 Å². The maximum Gasteiger partial charge on any atom is 0.251 e. The molecule has 3 heteroatoms. The molecule has 0 bridgehead atoms. The van der Waals surface area contributed by atoms with Crippen LogP contribution in [0.2, 0.25) is 0 Å². The minimum atomic E-state index is -0.196. The predicted octanol–water partition coefficient (Wildman–Crippen LogP) is 1.68. The van der Waals surface area contributed by atoms with Gasteiger partial charge in [0.15, 0.2) is 0 Å². The zero-order chi connectivity index (χ0) is 12.3. The van der Waals surface area contributed by atoms with E-state index in [1.54, 1.807) is 6.92 Å². The third-order valence-electron chi connectivity index (χ3n) is 3.26. The maximum absolute atomic E-state index is 11.9. The molecule has 1 amide bonds. The number of aliphatic hydroxyl groups excluding tert-OH is 1. The lowest BCUT2D eigenvalue weighted by Crippen LogP contribution is -2.35. The van der Waals surface area contributed by atoms with Crippen molar-refractivity contribution in [3.8, 4) is 0 Å². The molecule has 0 saturated carbocycles. The summed E-state index contributed by atoms with van der Waals surface area (Å²) in [5.41, 5.74) is 3.38. The van der Waals surface area contributed by atoms with Crippen molar-refractivity contribution in [3.05, 3.63) is 34.9 Å². The van der Waals surface area contributed by atoms with Crippen molar-refractivity contribution >= 4 is 5.91 Å². The second kappa shape index (κ2) is 5.32. The van der Waals surface area contributed by atoms with Gasteiger partial charge in [-0.2, -0.15) is 0 Å². The fraction of sp³-hybridized carbons (Fsp3) is 0.500. The summed E-state index contributed by atoms with van der Waals surface area (Å²) in [5, 5.41) is 11.7. The third kappa shape index (κ3) is 2.86. The molecule has 0 fully saturated rings. The summed E-state index contributed by atoms with van der Waals surface area (Å²) < 4.78 is 0. The van der Waals surface area contributed by atoms with Crippen molar-refractivity contribution in [3.63, 3.8) is 0 Å². The Bertz CT molecular complexity index is 415.